The van der Waals surface area contributed by atoms with Gasteiger partial charge in [0.25, 0.3) is 0 Å². The van der Waals surface area contributed by atoms with Gasteiger partial charge in [-0.05, 0) is 38.1 Å². The van der Waals surface area contributed by atoms with Crippen molar-refractivity contribution in [1.82, 2.24) is 10.6 Å². The molecule has 0 aromatic rings. The minimum atomic E-state index is -0.177. The lowest BCUT2D eigenvalue weighted by Gasteiger charge is -2.25. The minimum absolute atomic E-state index is 0.149. The first-order valence-electron chi connectivity index (χ1n) is 5.98. The summed E-state index contributed by atoms with van der Waals surface area (Å²) in [5.41, 5.74) is 0. The zero-order valence-electron chi connectivity index (χ0n) is 9.37. The third-order valence-corrected chi connectivity index (χ3v) is 3.27. The molecule has 1 aliphatic heterocycles. The summed E-state index contributed by atoms with van der Waals surface area (Å²) in [5.74, 6) is 0.321. The smallest absolute Gasteiger partial charge is 0.243 e. The number of amides is 2. The molecule has 2 aliphatic rings. The Balaban J connectivity index is 1.75. The van der Waals surface area contributed by atoms with E-state index in [-0.39, 0.29) is 17.9 Å². The molecule has 88 valence electrons. The van der Waals surface area contributed by atoms with Gasteiger partial charge in [0.1, 0.15) is 0 Å². The van der Waals surface area contributed by atoms with E-state index in [1.54, 1.807) is 0 Å². The van der Waals surface area contributed by atoms with Crippen LogP contribution in [0.4, 0.5) is 0 Å². The standard InChI is InChI=1S/C12H18N2O2/c15-11-7-6-10(12(16)14-11)13-8-9-4-2-1-3-5-9/h1-2,9-10,13H,3-8H2,(H,14,15,16). The first-order chi connectivity index (χ1) is 7.75. The van der Waals surface area contributed by atoms with E-state index in [1.165, 1.54) is 6.42 Å². The molecule has 0 radical (unpaired) electrons. The second kappa shape index (κ2) is 5.25. The third kappa shape index (κ3) is 2.92. The summed E-state index contributed by atoms with van der Waals surface area (Å²) in [4.78, 5) is 22.4. The highest BCUT2D eigenvalue weighted by Gasteiger charge is 2.26. The van der Waals surface area contributed by atoms with Gasteiger partial charge in [0.05, 0.1) is 6.04 Å². The minimum Gasteiger partial charge on any atom is -0.306 e. The summed E-state index contributed by atoms with van der Waals surface area (Å²) >= 11 is 0. The van der Waals surface area contributed by atoms with E-state index < -0.39 is 0 Å². The van der Waals surface area contributed by atoms with Crippen LogP contribution < -0.4 is 10.6 Å². The van der Waals surface area contributed by atoms with Crippen LogP contribution >= 0.6 is 0 Å². The Bertz CT molecular complexity index is 312. The summed E-state index contributed by atoms with van der Waals surface area (Å²) in [5, 5.41) is 5.63. The second-order valence-corrected chi connectivity index (χ2v) is 4.56. The van der Waals surface area contributed by atoms with Crippen molar-refractivity contribution in [3.05, 3.63) is 12.2 Å². The summed E-state index contributed by atoms with van der Waals surface area (Å²) in [7, 11) is 0. The van der Waals surface area contributed by atoms with Gasteiger partial charge in [0.15, 0.2) is 0 Å². The molecule has 1 aliphatic carbocycles. The summed E-state index contributed by atoms with van der Waals surface area (Å²) in [6.07, 6.45) is 8.93. The first-order valence-corrected chi connectivity index (χ1v) is 5.98. The number of hydrogen-bond acceptors (Lipinski definition) is 3. The Morgan fingerprint density at radius 2 is 2.19 bits per heavy atom. The SMILES string of the molecule is O=C1CCC(NCC2CC=CCC2)C(=O)N1. The lowest BCUT2D eigenvalue weighted by Crippen LogP contribution is -2.51. The summed E-state index contributed by atoms with van der Waals surface area (Å²) in [6, 6.07) is -0.177. The molecule has 0 aromatic heterocycles. The summed E-state index contributed by atoms with van der Waals surface area (Å²) < 4.78 is 0. The molecule has 2 unspecified atom stereocenters. The molecular weight excluding hydrogens is 204 g/mol. The van der Waals surface area contributed by atoms with Crippen molar-refractivity contribution >= 4 is 11.8 Å². The molecule has 4 heteroatoms. The predicted octanol–water partition coefficient (Wildman–Crippen LogP) is 0.737. The van der Waals surface area contributed by atoms with Crippen molar-refractivity contribution in [2.24, 2.45) is 5.92 Å². The fourth-order valence-corrected chi connectivity index (χ4v) is 2.24. The van der Waals surface area contributed by atoms with Crippen LogP contribution in [0.3, 0.4) is 0 Å². The summed E-state index contributed by atoms with van der Waals surface area (Å²) in [6.45, 7) is 0.872. The van der Waals surface area contributed by atoms with E-state index in [9.17, 15) is 9.59 Å². The third-order valence-electron chi connectivity index (χ3n) is 3.27. The molecule has 2 rings (SSSR count). The predicted molar refractivity (Wildman–Crippen MR) is 60.7 cm³/mol. The topological polar surface area (TPSA) is 58.2 Å². The van der Waals surface area contributed by atoms with E-state index >= 15 is 0 Å². The molecule has 0 saturated carbocycles. The van der Waals surface area contributed by atoms with E-state index in [2.05, 4.69) is 22.8 Å². The molecule has 2 atom stereocenters. The van der Waals surface area contributed by atoms with Gasteiger partial charge in [0.2, 0.25) is 11.8 Å². The van der Waals surface area contributed by atoms with Crippen LogP contribution in [0.2, 0.25) is 0 Å². The maximum Gasteiger partial charge on any atom is 0.243 e. The van der Waals surface area contributed by atoms with Crippen LogP contribution in [0.25, 0.3) is 0 Å². The molecule has 16 heavy (non-hydrogen) atoms. The average Bonchev–Trinajstić information content (AvgIpc) is 2.29. The number of hydrogen-bond donors (Lipinski definition) is 2. The van der Waals surface area contributed by atoms with Crippen molar-refractivity contribution in [3.8, 4) is 0 Å². The number of nitrogens with one attached hydrogen (secondary N) is 2. The Hall–Kier alpha value is -1.16. The molecule has 2 N–H and O–H groups in total. The van der Waals surface area contributed by atoms with Crippen molar-refractivity contribution in [3.63, 3.8) is 0 Å². The lowest BCUT2D eigenvalue weighted by molar-refractivity contribution is -0.134. The lowest BCUT2D eigenvalue weighted by atomic mass is 9.94. The van der Waals surface area contributed by atoms with Gasteiger partial charge in [-0.2, -0.15) is 0 Å². The largest absolute Gasteiger partial charge is 0.306 e. The number of allylic oxidation sites excluding steroid dienone is 2. The van der Waals surface area contributed by atoms with Crippen LogP contribution in [0.5, 0.6) is 0 Å². The fraction of sp³-hybridized carbons (Fsp3) is 0.667. The van der Waals surface area contributed by atoms with Gasteiger partial charge in [-0.25, -0.2) is 0 Å². The Morgan fingerprint density at radius 1 is 1.31 bits per heavy atom. The highest BCUT2D eigenvalue weighted by atomic mass is 16.2. The van der Waals surface area contributed by atoms with Gasteiger partial charge in [-0.1, -0.05) is 12.2 Å². The van der Waals surface area contributed by atoms with Gasteiger partial charge in [0, 0.05) is 6.42 Å². The zero-order chi connectivity index (χ0) is 11.4. The average molecular weight is 222 g/mol. The Kier molecular flexibility index (Phi) is 3.72. The molecule has 0 aromatic carbocycles. The molecule has 2 amide bonds. The van der Waals surface area contributed by atoms with Crippen LogP contribution in [0, 0.1) is 5.92 Å². The van der Waals surface area contributed by atoms with Gasteiger partial charge < -0.3 is 5.32 Å². The van der Waals surface area contributed by atoms with Crippen molar-refractivity contribution < 1.29 is 9.59 Å². The van der Waals surface area contributed by atoms with Gasteiger partial charge >= 0.3 is 0 Å². The number of rotatable bonds is 3. The van der Waals surface area contributed by atoms with Crippen molar-refractivity contribution in [2.75, 3.05) is 6.54 Å². The van der Waals surface area contributed by atoms with E-state index in [4.69, 9.17) is 0 Å². The molecule has 1 saturated heterocycles. The Labute approximate surface area is 95.5 Å². The number of carbonyl (C=O) groups is 2. The van der Waals surface area contributed by atoms with Gasteiger partial charge in [-0.15, -0.1) is 0 Å². The fourth-order valence-electron chi connectivity index (χ4n) is 2.24. The van der Waals surface area contributed by atoms with E-state index in [0.717, 1.165) is 19.4 Å². The monoisotopic (exact) mass is 222 g/mol. The maximum absolute atomic E-state index is 11.5. The van der Waals surface area contributed by atoms with Crippen LogP contribution in [-0.2, 0) is 9.59 Å². The quantitative estimate of drug-likeness (QED) is 0.547. The molecular formula is C12H18N2O2. The zero-order valence-corrected chi connectivity index (χ0v) is 9.37. The van der Waals surface area contributed by atoms with Gasteiger partial charge in [-0.3, -0.25) is 14.9 Å². The molecule has 1 heterocycles. The van der Waals surface area contributed by atoms with Crippen LogP contribution in [0.1, 0.15) is 32.1 Å². The molecule has 0 spiro atoms. The van der Waals surface area contributed by atoms with Crippen LogP contribution in [0.15, 0.2) is 12.2 Å². The van der Waals surface area contributed by atoms with Crippen molar-refractivity contribution in [2.45, 2.75) is 38.1 Å². The Morgan fingerprint density at radius 3 is 2.88 bits per heavy atom. The highest BCUT2D eigenvalue weighted by Crippen LogP contribution is 2.17. The second-order valence-electron chi connectivity index (χ2n) is 4.56. The number of carbonyl (C=O) groups excluding carboxylic acids is 2. The highest BCUT2D eigenvalue weighted by molar-refractivity contribution is 6.00. The van der Waals surface area contributed by atoms with Crippen LogP contribution in [-0.4, -0.2) is 24.4 Å². The molecule has 4 nitrogen and oxygen atoms in total. The molecule has 1 fully saturated rings. The number of piperidine rings is 1. The van der Waals surface area contributed by atoms with E-state index in [0.29, 0.717) is 18.8 Å². The normalized spacial score (nSPS) is 30.2. The first kappa shape index (κ1) is 11.3. The van der Waals surface area contributed by atoms with E-state index in [1.807, 2.05) is 0 Å². The van der Waals surface area contributed by atoms with Crippen molar-refractivity contribution in [1.29, 1.82) is 0 Å². The maximum atomic E-state index is 11.5. The molecule has 0 bridgehead atoms. The number of imide groups is 1.